The van der Waals surface area contributed by atoms with Gasteiger partial charge in [-0.1, -0.05) is 30.3 Å². The van der Waals surface area contributed by atoms with E-state index in [1.54, 1.807) is 45.3 Å². The molecule has 3 heterocycles. The van der Waals surface area contributed by atoms with Crippen LogP contribution in [-0.2, 0) is 13.1 Å². The molecule has 0 N–H and O–H groups in total. The number of rotatable bonds is 5. The summed E-state index contributed by atoms with van der Waals surface area (Å²) in [5, 5.41) is 4.38. The standard InChI is InChI=1S/C19H17N5OS/c1-14-17(26-13-21-14)12-23(11-15-6-3-2-4-7-15)19(25)16-10-18-20-8-5-9-24(18)22-16/h2-10,13H,11-12H2,1H3. The first-order valence-corrected chi connectivity index (χ1v) is 9.11. The van der Waals surface area contributed by atoms with Crippen LogP contribution in [0.2, 0.25) is 0 Å². The van der Waals surface area contributed by atoms with Crippen molar-refractivity contribution < 1.29 is 4.79 Å². The summed E-state index contributed by atoms with van der Waals surface area (Å²) in [6.45, 7) is 2.98. The molecular weight excluding hydrogens is 346 g/mol. The summed E-state index contributed by atoms with van der Waals surface area (Å²) in [5.41, 5.74) is 4.89. The van der Waals surface area contributed by atoms with Crippen LogP contribution in [0.1, 0.15) is 26.6 Å². The first-order chi connectivity index (χ1) is 12.7. The highest BCUT2D eigenvalue weighted by molar-refractivity contribution is 7.09. The highest BCUT2D eigenvalue weighted by Gasteiger charge is 2.21. The smallest absolute Gasteiger partial charge is 0.275 e. The quantitative estimate of drug-likeness (QED) is 0.546. The van der Waals surface area contributed by atoms with Crippen molar-refractivity contribution in [1.29, 1.82) is 0 Å². The largest absolute Gasteiger partial charge is 0.328 e. The summed E-state index contributed by atoms with van der Waals surface area (Å²) in [6.07, 6.45) is 3.47. The van der Waals surface area contributed by atoms with Crippen LogP contribution in [0.25, 0.3) is 5.65 Å². The Bertz CT molecular complexity index is 1010. The molecule has 0 bridgehead atoms. The summed E-state index contributed by atoms with van der Waals surface area (Å²) < 4.78 is 1.62. The van der Waals surface area contributed by atoms with Gasteiger partial charge >= 0.3 is 0 Å². The van der Waals surface area contributed by atoms with Gasteiger partial charge in [0.2, 0.25) is 0 Å². The van der Waals surface area contributed by atoms with Crippen LogP contribution in [0, 0.1) is 6.92 Å². The van der Waals surface area contributed by atoms with Crippen LogP contribution in [0.5, 0.6) is 0 Å². The SMILES string of the molecule is Cc1ncsc1CN(Cc1ccccc1)C(=O)c1cc2ncccn2n1. The van der Waals surface area contributed by atoms with Crippen LogP contribution in [-0.4, -0.2) is 30.4 Å². The van der Waals surface area contributed by atoms with Gasteiger partial charge in [-0.25, -0.2) is 14.5 Å². The minimum atomic E-state index is -0.118. The average Bonchev–Trinajstić information content (AvgIpc) is 3.27. The molecule has 6 nitrogen and oxygen atoms in total. The van der Waals surface area contributed by atoms with Gasteiger partial charge in [0, 0.05) is 29.9 Å². The number of hydrogen-bond acceptors (Lipinski definition) is 5. The highest BCUT2D eigenvalue weighted by atomic mass is 32.1. The molecule has 3 aromatic heterocycles. The number of aryl methyl sites for hydroxylation is 1. The van der Waals surface area contributed by atoms with Crippen molar-refractivity contribution in [2.45, 2.75) is 20.0 Å². The predicted octanol–water partition coefficient (Wildman–Crippen LogP) is 3.34. The third-order valence-corrected chi connectivity index (χ3v) is 5.06. The van der Waals surface area contributed by atoms with Gasteiger partial charge in [-0.3, -0.25) is 4.79 Å². The first kappa shape index (κ1) is 16.4. The molecule has 0 aliphatic heterocycles. The third-order valence-electron chi connectivity index (χ3n) is 4.14. The molecule has 1 aromatic carbocycles. The van der Waals surface area contributed by atoms with Crippen molar-refractivity contribution in [1.82, 2.24) is 24.5 Å². The molecule has 0 atom stereocenters. The molecule has 4 rings (SSSR count). The third kappa shape index (κ3) is 3.34. The lowest BCUT2D eigenvalue weighted by atomic mass is 10.2. The fourth-order valence-corrected chi connectivity index (χ4v) is 3.54. The number of thiazole rings is 1. The molecule has 0 aliphatic carbocycles. The number of hydrogen-bond donors (Lipinski definition) is 0. The zero-order valence-corrected chi connectivity index (χ0v) is 15.1. The van der Waals surface area contributed by atoms with E-state index in [-0.39, 0.29) is 5.91 Å². The number of benzene rings is 1. The maximum absolute atomic E-state index is 13.2. The molecule has 0 aliphatic rings. The van der Waals surface area contributed by atoms with E-state index in [4.69, 9.17) is 0 Å². The summed E-state index contributed by atoms with van der Waals surface area (Å²) in [7, 11) is 0. The summed E-state index contributed by atoms with van der Waals surface area (Å²) in [5.74, 6) is -0.118. The molecular formula is C19H17N5OS. The lowest BCUT2D eigenvalue weighted by Crippen LogP contribution is -2.30. The second-order valence-corrected chi connectivity index (χ2v) is 6.90. The number of carbonyl (C=O) groups is 1. The molecule has 0 saturated heterocycles. The van der Waals surface area contributed by atoms with Crippen molar-refractivity contribution in [2.75, 3.05) is 0 Å². The molecule has 0 radical (unpaired) electrons. The molecule has 0 saturated carbocycles. The van der Waals surface area contributed by atoms with Crippen molar-refractivity contribution in [3.8, 4) is 0 Å². The molecule has 4 aromatic rings. The summed E-state index contributed by atoms with van der Waals surface area (Å²) in [4.78, 5) is 24.6. The van der Waals surface area contributed by atoms with Crippen LogP contribution in [0.15, 0.2) is 60.4 Å². The number of nitrogens with zero attached hydrogens (tertiary/aromatic N) is 5. The van der Waals surface area contributed by atoms with Crippen LogP contribution in [0.4, 0.5) is 0 Å². The van der Waals surface area contributed by atoms with Gasteiger partial charge < -0.3 is 4.90 Å². The Kier molecular flexibility index (Phi) is 4.45. The van der Waals surface area contributed by atoms with E-state index in [0.29, 0.717) is 24.4 Å². The lowest BCUT2D eigenvalue weighted by molar-refractivity contribution is 0.0725. The Hall–Kier alpha value is -3.06. The Balaban J connectivity index is 1.66. The zero-order chi connectivity index (χ0) is 17.9. The normalized spacial score (nSPS) is 11.0. The van der Waals surface area contributed by atoms with E-state index in [1.165, 1.54) is 0 Å². The number of fused-ring (bicyclic) bond motifs is 1. The van der Waals surface area contributed by atoms with Gasteiger partial charge in [0.05, 0.1) is 17.7 Å². The zero-order valence-electron chi connectivity index (χ0n) is 14.2. The second kappa shape index (κ2) is 7.05. The van der Waals surface area contributed by atoms with Gasteiger partial charge in [-0.15, -0.1) is 11.3 Å². The maximum atomic E-state index is 13.2. The van der Waals surface area contributed by atoms with Gasteiger partial charge in [0.25, 0.3) is 5.91 Å². The van der Waals surface area contributed by atoms with Gasteiger partial charge in [-0.2, -0.15) is 5.10 Å². The molecule has 1 amide bonds. The molecule has 26 heavy (non-hydrogen) atoms. The molecule has 0 spiro atoms. The maximum Gasteiger partial charge on any atom is 0.275 e. The van der Waals surface area contributed by atoms with Crippen molar-refractivity contribution in [3.05, 3.63) is 82.2 Å². The van der Waals surface area contributed by atoms with Crippen LogP contribution >= 0.6 is 11.3 Å². The Morgan fingerprint density at radius 3 is 2.73 bits per heavy atom. The van der Waals surface area contributed by atoms with E-state index < -0.39 is 0 Å². The second-order valence-electron chi connectivity index (χ2n) is 5.96. The summed E-state index contributed by atoms with van der Waals surface area (Å²) in [6, 6.07) is 13.5. The Morgan fingerprint density at radius 2 is 2.00 bits per heavy atom. The van der Waals surface area contributed by atoms with E-state index in [9.17, 15) is 4.79 Å². The topological polar surface area (TPSA) is 63.4 Å². The van der Waals surface area contributed by atoms with E-state index in [2.05, 4.69) is 15.1 Å². The minimum Gasteiger partial charge on any atom is -0.328 e. The van der Waals surface area contributed by atoms with Gasteiger partial charge in [0.15, 0.2) is 11.3 Å². The lowest BCUT2D eigenvalue weighted by Gasteiger charge is -2.21. The number of aromatic nitrogens is 4. The van der Waals surface area contributed by atoms with Crippen molar-refractivity contribution in [3.63, 3.8) is 0 Å². The van der Waals surface area contributed by atoms with E-state index in [1.807, 2.05) is 42.8 Å². The molecule has 0 fully saturated rings. The van der Waals surface area contributed by atoms with Crippen molar-refractivity contribution >= 4 is 22.9 Å². The van der Waals surface area contributed by atoms with Gasteiger partial charge in [0.1, 0.15) is 0 Å². The van der Waals surface area contributed by atoms with Crippen LogP contribution in [0.3, 0.4) is 0 Å². The summed E-state index contributed by atoms with van der Waals surface area (Å²) >= 11 is 1.56. The molecule has 0 unspecified atom stereocenters. The fraction of sp³-hybridized carbons (Fsp3) is 0.158. The van der Waals surface area contributed by atoms with E-state index >= 15 is 0 Å². The number of carbonyl (C=O) groups excluding carboxylic acids is 1. The minimum absolute atomic E-state index is 0.118. The van der Waals surface area contributed by atoms with Crippen molar-refractivity contribution in [2.24, 2.45) is 0 Å². The van der Waals surface area contributed by atoms with Crippen LogP contribution < -0.4 is 0 Å². The predicted molar refractivity (Wildman–Crippen MR) is 99.9 cm³/mol. The monoisotopic (exact) mass is 363 g/mol. The highest BCUT2D eigenvalue weighted by Crippen LogP contribution is 2.19. The average molecular weight is 363 g/mol. The Labute approximate surface area is 154 Å². The first-order valence-electron chi connectivity index (χ1n) is 8.23. The molecule has 130 valence electrons. The number of amides is 1. The molecule has 7 heteroatoms. The fourth-order valence-electron chi connectivity index (χ4n) is 2.75. The van der Waals surface area contributed by atoms with Gasteiger partial charge in [-0.05, 0) is 18.6 Å². The Morgan fingerprint density at radius 1 is 1.15 bits per heavy atom. The van der Waals surface area contributed by atoms with E-state index in [0.717, 1.165) is 16.1 Å².